The fourth-order valence-corrected chi connectivity index (χ4v) is 1.92. The van der Waals surface area contributed by atoms with Gasteiger partial charge in [-0.25, -0.2) is 4.39 Å². The molecule has 0 saturated carbocycles. The largest absolute Gasteiger partial charge is 0.394 e. The van der Waals surface area contributed by atoms with E-state index in [1.54, 1.807) is 0 Å². The molecule has 3 N–H and O–H groups in total. The van der Waals surface area contributed by atoms with Crippen molar-refractivity contribution in [3.63, 3.8) is 0 Å². The van der Waals surface area contributed by atoms with Crippen molar-refractivity contribution in [1.29, 1.82) is 0 Å². The standard InChI is InChI=1S/C15H21FN2O3/c1-10(2)6-13(9-19)18-14(20)8-17-15(21)11-4-3-5-12(16)7-11/h3-5,7,10,13,19H,6,8-9H2,1-2H3,(H,17,21)(H,18,20). The van der Waals surface area contributed by atoms with Crippen LogP contribution in [0.15, 0.2) is 24.3 Å². The van der Waals surface area contributed by atoms with Crippen molar-refractivity contribution in [2.45, 2.75) is 26.3 Å². The number of aliphatic hydroxyl groups excluding tert-OH is 1. The first-order valence-electron chi connectivity index (χ1n) is 6.86. The maximum Gasteiger partial charge on any atom is 0.251 e. The van der Waals surface area contributed by atoms with Gasteiger partial charge in [-0.2, -0.15) is 0 Å². The Balaban J connectivity index is 2.43. The number of aliphatic hydroxyl groups is 1. The van der Waals surface area contributed by atoms with Gasteiger partial charge in [-0.1, -0.05) is 19.9 Å². The van der Waals surface area contributed by atoms with E-state index in [9.17, 15) is 14.0 Å². The number of carbonyl (C=O) groups is 2. The number of nitrogens with one attached hydrogen (secondary N) is 2. The van der Waals surface area contributed by atoms with Crippen LogP contribution in [0.1, 0.15) is 30.6 Å². The number of carbonyl (C=O) groups excluding carboxylic acids is 2. The Morgan fingerprint density at radius 2 is 2.05 bits per heavy atom. The number of hydrogen-bond acceptors (Lipinski definition) is 3. The van der Waals surface area contributed by atoms with Gasteiger partial charge in [0.1, 0.15) is 5.82 Å². The highest BCUT2D eigenvalue weighted by molar-refractivity contribution is 5.96. The fourth-order valence-electron chi connectivity index (χ4n) is 1.92. The number of rotatable bonds is 7. The maximum absolute atomic E-state index is 13.0. The van der Waals surface area contributed by atoms with Crippen molar-refractivity contribution < 1.29 is 19.1 Å². The maximum atomic E-state index is 13.0. The average Bonchev–Trinajstić information content (AvgIpc) is 2.43. The molecule has 0 aliphatic heterocycles. The van der Waals surface area contributed by atoms with Gasteiger partial charge in [-0.3, -0.25) is 9.59 Å². The van der Waals surface area contributed by atoms with E-state index in [2.05, 4.69) is 10.6 Å². The van der Waals surface area contributed by atoms with Gasteiger partial charge in [0, 0.05) is 5.56 Å². The molecule has 1 unspecified atom stereocenters. The molecule has 0 radical (unpaired) electrons. The van der Waals surface area contributed by atoms with E-state index in [4.69, 9.17) is 5.11 Å². The first-order valence-corrected chi connectivity index (χ1v) is 6.86. The Morgan fingerprint density at radius 3 is 2.62 bits per heavy atom. The molecule has 116 valence electrons. The first-order chi connectivity index (χ1) is 9.92. The SMILES string of the molecule is CC(C)CC(CO)NC(=O)CNC(=O)c1cccc(F)c1. The summed E-state index contributed by atoms with van der Waals surface area (Å²) < 4.78 is 13.0. The summed E-state index contributed by atoms with van der Waals surface area (Å²) >= 11 is 0. The number of halogens is 1. The van der Waals surface area contributed by atoms with Gasteiger partial charge in [0.2, 0.25) is 5.91 Å². The van der Waals surface area contributed by atoms with Crippen molar-refractivity contribution in [3.05, 3.63) is 35.6 Å². The van der Waals surface area contributed by atoms with Gasteiger partial charge in [0.25, 0.3) is 5.91 Å². The van der Waals surface area contributed by atoms with Crippen LogP contribution in [0.5, 0.6) is 0 Å². The van der Waals surface area contributed by atoms with E-state index in [1.165, 1.54) is 18.2 Å². The second-order valence-corrected chi connectivity index (χ2v) is 5.27. The molecule has 0 bridgehead atoms. The van der Waals surface area contributed by atoms with Crippen LogP contribution in [0.2, 0.25) is 0 Å². The second kappa shape index (κ2) is 8.36. The third kappa shape index (κ3) is 6.35. The summed E-state index contributed by atoms with van der Waals surface area (Å²) in [6.07, 6.45) is 0.653. The molecule has 1 atom stereocenters. The molecule has 0 saturated heterocycles. The molecule has 0 aliphatic carbocycles. The van der Waals surface area contributed by atoms with Crippen LogP contribution in [0, 0.1) is 11.7 Å². The molecular weight excluding hydrogens is 275 g/mol. The zero-order valence-electron chi connectivity index (χ0n) is 12.2. The van der Waals surface area contributed by atoms with Gasteiger partial charge in [0.05, 0.1) is 19.2 Å². The first kappa shape index (κ1) is 17.1. The van der Waals surface area contributed by atoms with E-state index in [0.717, 1.165) is 6.07 Å². The Hall–Kier alpha value is -1.95. The molecule has 0 spiro atoms. The minimum Gasteiger partial charge on any atom is -0.394 e. The Labute approximate surface area is 123 Å². The molecule has 0 aliphatic rings. The smallest absolute Gasteiger partial charge is 0.251 e. The van der Waals surface area contributed by atoms with Crippen molar-refractivity contribution in [2.24, 2.45) is 5.92 Å². The summed E-state index contributed by atoms with van der Waals surface area (Å²) in [6, 6.07) is 4.90. The predicted octanol–water partition coefficient (Wildman–Crippen LogP) is 1.08. The molecule has 1 aromatic carbocycles. The second-order valence-electron chi connectivity index (χ2n) is 5.27. The van der Waals surface area contributed by atoms with Crippen molar-refractivity contribution >= 4 is 11.8 Å². The zero-order valence-corrected chi connectivity index (χ0v) is 12.2. The predicted molar refractivity (Wildman–Crippen MR) is 77.2 cm³/mol. The normalized spacial score (nSPS) is 12.0. The van der Waals surface area contributed by atoms with Crippen LogP contribution in [-0.4, -0.2) is 36.1 Å². The summed E-state index contributed by atoms with van der Waals surface area (Å²) in [7, 11) is 0. The van der Waals surface area contributed by atoms with Gasteiger partial charge in [-0.05, 0) is 30.5 Å². The van der Waals surface area contributed by atoms with Crippen LogP contribution < -0.4 is 10.6 Å². The van der Waals surface area contributed by atoms with Crippen molar-refractivity contribution in [1.82, 2.24) is 10.6 Å². The summed E-state index contributed by atoms with van der Waals surface area (Å²) in [5.74, 6) is -1.08. The minimum absolute atomic E-state index is 0.151. The molecule has 5 nitrogen and oxygen atoms in total. The molecule has 1 aromatic rings. The summed E-state index contributed by atoms with van der Waals surface area (Å²) in [6.45, 7) is 3.60. The zero-order chi connectivity index (χ0) is 15.8. The number of hydrogen-bond donors (Lipinski definition) is 3. The van der Waals surface area contributed by atoms with Crippen LogP contribution in [-0.2, 0) is 4.79 Å². The quantitative estimate of drug-likeness (QED) is 0.704. The fraction of sp³-hybridized carbons (Fsp3) is 0.467. The molecule has 2 amide bonds. The minimum atomic E-state index is -0.519. The van der Waals surface area contributed by atoms with E-state index in [0.29, 0.717) is 12.3 Å². The van der Waals surface area contributed by atoms with E-state index in [1.807, 2.05) is 13.8 Å². The summed E-state index contributed by atoms with van der Waals surface area (Å²) in [4.78, 5) is 23.4. The van der Waals surface area contributed by atoms with E-state index < -0.39 is 11.7 Å². The topological polar surface area (TPSA) is 78.4 Å². The Kier molecular flexibility index (Phi) is 6.81. The molecule has 0 aromatic heterocycles. The van der Waals surface area contributed by atoms with Crippen LogP contribution in [0.3, 0.4) is 0 Å². The third-order valence-corrected chi connectivity index (χ3v) is 2.84. The van der Waals surface area contributed by atoms with Gasteiger partial charge < -0.3 is 15.7 Å². The molecule has 21 heavy (non-hydrogen) atoms. The lowest BCUT2D eigenvalue weighted by Gasteiger charge is -2.18. The lowest BCUT2D eigenvalue weighted by Crippen LogP contribution is -2.44. The molecule has 6 heteroatoms. The molecule has 0 fully saturated rings. The Morgan fingerprint density at radius 1 is 1.33 bits per heavy atom. The third-order valence-electron chi connectivity index (χ3n) is 2.84. The molecular formula is C15H21FN2O3. The lowest BCUT2D eigenvalue weighted by atomic mass is 10.0. The van der Waals surface area contributed by atoms with Crippen molar-refractivity contribution in [2.75, 3.05) is 13.2 Å². The summed E-state index contributed by atoms with van der Waals surface area (Å²) in [5.41, 5.74) is 0.156. The van der Waals surface area contributed by atoms with E-state index in [-0.39, 0.29) is 30.7 Å². The summed E-state index contributed by atoms with van der Waals surface area (Å²) in [5, 5.41) is 14.2. The van der Waals surface area contributed by atoms with Crippen LogP contribution in [0.25, 0.3) is 0 Å². The van der Waals surface area contributed by atoms with Gasteiger partial charge >= 0.3 is 0 Å². The number of benzene rings is 1. The monoisotopic (exact) mass is 296 g/mol. The van der Waals surface area contributed by atoms with Gasteiger partial charge in [0.15, 0.2) is 0 Å². The van der Waals surface area contributed by atoms with Crippen LogP contribution >= 0.6 is 0 Å². The lowest BCUT2D eigenvalue weighted by molar-refractivity contribution is -0.121. The average molecular weight is 296 g/mol. The van der Waals surface area contributed by atoms with Crippen LogP contribution in [0.4, 0.5) is 4.39 Å². The van der Waals surface area contributed by atoms with Gasteiger partial charge in [-0.15, -0.1) is 0 Å². The highest BCUT2D eigenvalue weighted by Crippen LogP contribution is 2.04. The highest BCUT2D eigenvalue weighted by atomic mass is 19.1. The molecule has 0 heterocycles. The Bertz CT molecular complexity index is 492. The number of amides is 2. The highest BCUT2D eigenvalue weighted by Gasteiger charge is 2.14. The van der Waals surface area contributed by atoms with Crippen molar-refractivity contribution in [3.8, 4) is 0 Å². The molecule has 1 rings (SSSR count). The van der Waals surface area contributed by atoms with E-state index >= 15 is 0 Å².